The van der Waals surface area contributed by atoms with Crippen molar-refractivity contribution in [2.24, 2.45) is 5.92 Å². The Labute approximate surface area is 120 Å². The van der Waals surface area contributed by atoms with E-state index in [1.165, 1.54) is 0 Å². The number of carbonyl (C=O) groups is 1. The van der Waals surface area contributed by atoms with Crippen molar-refractivity contribution < 1.29 is 4.79 Å². The Hall–Kier alpha value is -1.86. The number of nitrogens with zero attached hydrogens (tertiary/aromatic N) is 1. The average molecular weight is 271 g/mol. The van der Waals surface area contributed by atoms with Gasteiger partial charge in [0.2, 0.25) is 5.91 Å². The van der Waals surface area contributed by atoms with Gasteiger partial charge in [-0.25, -0.2) is 0 Å². The minimum absolute atomic E-state index is 0.0546. The zero-order valence-corrected chi connectivity index (χ0v) is 12.1. The van der Waals surface area contributed by atoms with E-state index >= 15 is 0 Å². The van der Waals surface area contributed by atoms with Crippen LogP contribution >= 0.6 is 0 Å². The zero-order valence-electron chi connectivity index (χ0n) is 12.1. The predicted molar refractivity (Wildman–Crippen MR) is 79.3 cm³/mol. The fraction of sp³-hybridized carbons (Fsp3) is 0.500. The number of piperidine rings is 1. The number of hydrogen-bond acceptors (Lipinski definition) is 3. The molecule has 1 aliphatic rings. The molecule has 1 saturated heterocycles. The van der Waals surface area contributed by atoms with Gasteiger partial charge < -0.3 is 10.6 Å². The van der Waals surface area contributed by atoms with Gasteiger partial charge in [0.05, 0.1) is 17.4 Å². The summed E-state index contributed by atoms with van der Waals surface area (Å²) in [6, 6.07) is 9.80. The maximum absolute atomic E-state index is 12.1. The first-order valence-electron chi connectivity index (χ1n) is 7.06. The van der Waals surface area contributed by atoms with Gasteiger partial charge >= 0.3 is 0 Å². The van der Waals surface area contributed by atoms with Crippen LogP contribution < -0.4 is 10.6 Å². The fourth-order valence-corrected chi connectivity index (χ4v) is 2.35. The third kappa shape index (κ3) is 3.37. The van der Waals surface area contributed by atoms with Gasteiger partial charge in [-0.05, 0) is 50.9 Å². The molecule has 0 radical (unpaired) electrons. The highest BCUT2D eigenvalue weighted by Gasteiger charge is 2.22. The number of rotatable bonds is 3. The average Bonchev–Trinajstić information content (AvgIpc) is 2.48. The minimum Gasteiger partial charge on any atom is -0.326 e. The largest absolute Gasteiger partial charge is 0.326 e. The molecule has 20 heavy (non-hydrogen) atoms. The summed E-state index contributed by atoms with van der Waals surface area (Å²) in [6.07, 6.45) is 1.99. The predicted octanol–water partition coefficient (Wildman–Crippen LogP) is 2.43. The van der Waals surface area contributed by atoms with Gasteiger partial charge in [-0.3, -0.25) is 4.79 Å². The molecule has 2 N–H and O–H groups in total. The summed E-state index contributed by atoms with van der Waals surface area (Å²) in [5, 5.41) is 15.3. The molecule has 1 heterocycles. The first-order valence-corrected chi connectivity index (χ1v) is 7.06. The van der Waals surface area contributed by atoms with E-state index in [4.69, 9.17) is 5.26 Å². The maximum Gasteiger partial charge on any atom is 0.228 e. The van der Waals surface area contributed by atoms with Gasteiger partial charge in [0, 0.05) is 12.2 Å². The lowest BCUT2D eigenvalue weighted by atomic mass is 9.86. The smallest absolute Gasteiger partial charge is 0.228 e. The molecular formula is C16H21N3O. The van der Waals surface area contributed by atoms with E-state index < -0.39 is 5.41 Å². The highest BCUT2D eigenvalue weighted by Crippen LogP contribution is 2.24. The van der Waals surface area contributed by atoms with Gasteiger partial charge in [0.15, 0.2) is 0 Å². The van der Waals surface area contributed by atoms with Crippen LogP contribution in [0.1, 0.15) is 32.3 Å². The molecule has 1 fully saturated rings. The standard InChI is InChI=1S/C16H21N3O/c1-16(2,11-17)13-5-7-14(8-6-13)19-15(20)12-4-3-9-18-10-12/h5-8,12,18H,3-4,9-10H2,1-2H3,(H,19,20)/t12-/m0/s1. The van der Waals surface area contributed by atoms with Gasteiger partial charge in [-0.2, -0.15) is 5.26 Å². The lowest BCUT2D eigenvalue weighted by Gasteiger charge is -2.22. The van der Waals surface area contributed by atoms with Crippen LogP contribution in [0.4, 0.5) is 5.69 Å². The molecule has 0 bridgehead atoms. The molecule has 1 aliphatic heterocycles. The Kier molecular flexibility index (Phi) is 4.41. The Morgan fingerprint density at radius 1 is 1.40 bits per heavy atom. The number of nitriles is 1. The van der Waals surface area contributed by atoms with E-state index in [9.17, 15) is 4.79 Å². The summed E-state index contributed by atoms with van der Waals surface area (Å²) in [5.41, 5.74) is 1.24. The normalized spacial score (nSPS) is 19.1. The van der Waals surface area contributed by atoms with E-state index in [-0.39, 0.29) is 11.8 Å². The van der Waals surface area contributed by atoms with Crippen molar-refractivity contribution in [3.8, 4) is 6.07 Å². The summed E-state index contributed by atoms with van der Waals surface area (Å²) < 4.78 is 0. The highest BCUT2D eigenvalue weighted by molar-refractivity contribution is 5.92. The molecule has 0 saturated carbocycles. The number of amides is 1. The van der Waals surface area contributed by atoms with Crippen molar-refractivity contribution in [1.82, 2.24) is 5.32 Å². The fourth-order valence-electron chi connectivity index (χ4n) is 2.35. The molecule has 1 aromatic rings. The van der Waals surface area contributed by atoms with Gasteiger partial charge in [-0.1, -0.05) is 12.1 Å². The molecule has 0 aliphatic carbocycles. The van der Waals surface area contributed by atoms with Gasteiger partial charge in [0.1, 0.15) is 0 Å². The highest BCUT2D eigenvalue weighted by atomic mass is 16.1. The molecule has 106 valence electrons. The van der Waals surface area contributed by atoms with Crippen LogP contribution in [0.3, 0.4) is 0 Å². The molecule has 0 spiro atoms. The van der Waals surface area contributed by atoms with Crippen LogP contribution in [-0.2, 0) is 10.2 Å². The Balaban J connectivity index is 2.00. The molecule has 0 unspecified atom stereocenters. The van der Waals surface area contributed by atoms with Crippen LogP contribution in [0.5, 0.6) is 0 Å². The second kappa shape index (κ2) is 6.06. The second-order valence-corrected chi connectivity index (χ2v) is 5.85. The molecule has 1 amide bonds. The molecule has 4 heteroatoms. The molecule has 0 aromatic heterocycles. The first-order chi connectivity index (χ1) is 9.53. The molecule has 1 aromatic carbocycles. The lowest BCUT2D eigenvalue weighted by molar-refractivity contribution is -0.120. The lowest BCUT2D eigenvalue weighted by Crippen LogP contribution is -2.37. The van der Waals surface area contributed by atoms with Gasteiger partial charge in [0.25, 0.3) is 0 Å². The number of carbonyl (C=O) groups excluding carboxylic acids is 1. The third-order valence-corrected chi connectivity index (χ3v) is 3.82. The third-order valence-electron chi connectivity index (χ3n) is 3.82. The topological polar surface area (TPSA) is 64.9 Å². The van der Waals surface area contributed by atoms with Crippen molar-refractivity contribution >= 4 is 11.6 Å². The van der Waals surface area contributed by atoms with Gasteiger partial charge in [-0.15, -0.1) is 0 Å². The Morgan fingerprint density at radius 2 is 2.10 bits per heavy atom. The molecular weight excluding hydrogens is 250 g/mol. The molecule has 1 atom stereocenters. The molecule has 2 rings (SSSR count). The van der Waals surface area contributed by atoms with E-state index in [1.807, 2.05) is 38.1 Å². The van der Waals surface area contributed by atoms with Crippen molar-refractivity contribution in [3.05, 3.63) is 29.8 Å². The quantitative estimate of drug-likeness (QED) is 0.887. The number of nitrogens with one attached hydrogen (secondary N) is 2. The van der Waals surface area contributed by atoms with E-state index in [0.29, 0.717) is 0 Å². The van der Waals surface area contributed by atoms with E-state index in [0.717, 1.165) is 37.2 Å². The maximum atomic E-state index is 12.1. The van der Waals surface area contributed by atoms with Crippen LogP contribution in [-0.4, -0.2) is 19.0 Å². The van der Waals surface area contributed by atoms with Crippen molar-refractivity contribution in [2.45, 2.75) is 32.1 Å². The summed E-state index contributed by atoms with van der Waals surface area (Å²) in [5.74, 6) is 0.128. The van der Waals surface area contributed by atoms with Crippen LogP contribution in [0.15, 0.2) is 24.3 Å². The number of benzene rings is 1. The summed E-state index contributed by atoms with van der Waals surface area (Å²) >= 11 is 0. The van der Waals surface area contributed by atoms with E-state index in [1.54, 1.807) is 0 Å². The van der Waals surface area contributed by atoms with Crippen LogP contribution in [0, 0.1) is 17.2 Å². The monoisotopic (exact) mass is 271 g/mol. The van der Waals surface area contributed by atoms with Crippen molar-refractivity contribution in [1.29, 1.82) is 5.26 Å². The van der Waals surface area contributed by atoms with Crippen molar-refractivity contribution in [2.75, 3.05) is 18.4 Å². The summed E-state index contributed by atoms with van der Waals surface area (Å²) in [4.78, 5) is 12.1. The summed E-state index contributed by atoms with van der Waals surface area (Å²) in [6.45, 7) is 5.52. The van der Waals surface area contributed by atoms with Crippen molar-refractivity contribution in [3.63, 3.8) is 0 Å². The number of hydrogen-bond donors (Lipinski definition) is 2. The minimum atomic E-state index is -0.504. The number of anilines is 1. The second-order valence-electron chi connectivity index (χ2n) is 5.85. The summed E-state index contributed by atoms with van der Waals surface area (Å²) in [7, 11) is 0. The first kappa shape index (κ1) is 14.5. The molecule has 4 nitrogen and oxygen atoms in total. The van der Waals surface area contributed by atoms with Crippen LogP contribution in [0.25, 0.3) is 0 Å². The van der Waals surface area contributed by atoms with Crippen LogP contribution in [0.2, 0.25) is 0 Å². The Morgan fingerprint density at radius 3 is 2.65 bits per heavy atom. The van der Waals surface area contributed by atoms with E-state index in [2.05, 4.69) is 16.7 Å². The Bertz CT molecular complexity index is 508. The SMILES string of the molecule is CC(C)(C#N)c1ccc(NC(=O)[C@H]2CCCNC2)cc1. The zero-order chi connectivity index (χ0) is 14.6.